The predicted molar refractivity (Wildman–Crippen MR) is 56.9 cm³/mol. The van der Waals surface area contributed by atoms with Gasteiger partial charge in [0.15, 0.2) is 0 Å². The summed E-state index contributed by atoms with van der Waals surface area (Å²) in [6.07, 6.45) is 3.51. The molecule has 3 nitrogen and oxygen atoms in total. The SMILES string of the molecule is O=C(OCCC1CC1)c1cccc(Cl)n1. The average molecular weight is 226 g/mol. The van der Waals surface area contributed by atoms with Crippen LogP contribution in [0.5, 0.6) is 0 Å². The summed E-state index contributed by atoms with van der Waals surface area (Å²) in [4.78, 5) is 15.3. The number of carbonyl (C=O) groups excluding carboxylic acids is 1. The number of carbonyl (C=O) groups is 1. The number of aromatic nitrogens is 1. The number of hydrogen-bond acceptors (Lipinski definition) is 3. The number of nitrogens with zero attached hydrogens (tertiary/aromatic N) is 1. The van der Waals surface area contributed by atoms with Crippen LogP contribution in [0, 0.1) is 5.92 Å². The summed E-state index contributed by atoms with van der Waals surface area (Å²) in [6, 6.07) is 4.92. The van der Waals surface area contributed by atoms with Gasteiger partial charge in [0.25, 0.3) is 0 Å². The Hall–Kier alpha value is -1.09. The highest BCUT2D eigenvalue weighted by molar-refractivity contribution is 6.29. The summed E-state index contributed by atoms with van der Waals surface area (Å²) < 4.78 is 5.07. The molecule has 4 heteroatoms. The van der Waals surface area contributed by atoms with E-state index < -0.39 is 5.97 Å². The maximum atomic E-state index is 11.5. The van der Waals surface area contributed by atoms with E-state index >= 15 is 0 Å². The fourth-order valence-electron chi connectivity index (χ4n) is 1.32. The van der Waals surface area contributed by atoms with Crippen molar-refractivity contribution in [2.24, 2.45) is 5.92 Å². The van der Waals surface area contributed by atoms with Crippen molar-refractivity contribution in [3.8, 4) is 0 Å². The van der Waals surface area contributed by atoms with Crippen LogP contribution in [-0.2, 0) is 4.74 Å². The molecule has 2 rings (SSSR count). The standard InChI is InChI=1S/C11H12ClNO2/c12-10-3-1-2-9(13-10)11(14)15-7-6-8-4-5-8/h1-3,8H,4-7H2. The fraction of sp³-hybridized carbons (Fsp3) is 0.455. The van der Waals surface area contributed by atoms with E-state index in [0.29, 0.717) is 11.8 Å². The van der Waals surface area contributed by atoms with Crippen molar-refractivity contribution in [1.29, 1.82) is 0 Å². The minimum atomic E-state index is -0.391. The van der Waals surface area contributed by atoms with Gasteiger partial charge in [-0.1, -0.05) is 30.5 Å². The van der Waals surface area contributed by atoms with Crippen LogP contribution in [0.2, 0.25) is 5.15 Å². The Kier molecular flexibility index (Phi) is 3.21. The lowest BCUT2D eigenvalue weighted by Gasteiger charge is -2.03. The molecule has 0 N–H and O–H groups in total. The van der Waals surface area contributed by atoms with Gasteiger partial charge in [0, 0.05) is 0 Å². The van der Waals surface area contributed by atoms with Crippen molar-refractivity contribution in [1.82, 2.24) is 4.98 Å². The topological polar surface area (TPSA) is 39.2 Å². The van der Waals surface area contributed by atoms with E-state index in [2.05, 4.69) is 4.98 Å². The van der Waals surface area contributed by atoms with Crippen LogP contribution >= 0.6 is 11.6 Å². The second kappa shape index (κ2) is 4.62. The van der Waals surface area contributed by atoms with Crippen LogP contribution in [0.25, 0.3) is 0 Å². The zero-order valence-electron chi connectivity index (χ0n) is 8.28. The highest BCUT2D eigenvalue weighted by Crippen LogP contribution is 2.32. The first-order valence-corrected chi connectivity index (χ1v) is 5.43. The molecular formula is C11H12ClNO2. The number of esters is 1. The number of rotatable bonds is 4. The molecule has 15 heavy (non-hydrogen) atoms. The van der Waals surface area contributed by atoms with Gasteiger partial charge in [-0.15, -0.1) is 0 Å². The summed E-state index contributed by atoms with van der Waals surface area (Å²) in [5, 5.41) is 0.312. The fourth-order valence-corrected chi connectivity index (χ4v) is 1.48. The minimum absolute atomic E-state index is 0.276. The van der Waals surface area contributed by atoms with Crippen molar-refractivity contribution < 1.29 is 9.53 Å². The molecule has 0 radical (unpaired) electrons. The summed E-state index contributed by atoms with van der Waals surface area (Å²) in [6.45, 7) is 0.484. The molecule has 1 aliphatic carbocycles. The van der Waals surface area contributed by atoms with E-state index in [1.807, 2.05) is 0 Å². The Labute approximate surface area is 93.4 Å². The lowest BCUT2D eigenvalue weighted by Crippen LogP contribution is -2.08. The van der Waals surface area contributed by atoms with Gasteiger partial charge in [-0.3, -0.25) is 0 Å². The molecule has 1 heterocycles. The van der Waals surface area contributed by atoms with Gasteiger partial charge >= 0.3 is 5.97 Å². The molecule has 1 aromatic heterocycles. The molecule has 0 aliphatic heterocycles. The Morgan fingerprint density at radius 2 is 2.33 bits per heavy atom. The Morgan fingerprint density at radius 3 is 3.00 bits per heavy atom. The van der Waals surface area contributed by atoms with Gasteiger partial charge in [-0.25, -0.2) is 9.78 Å². The second-order valence-electron chi connectivity index (χ2n) is 3.71. The molecule has 0 saturated heterocycles. The van der Waals surface area contributed by atoms with E-state index in [0.717, 1.165) is 12.3 Å². The van der Waals surface area contributed by atoms with Gasteiger partial charge in [-0.2, -0.15) is 0 Å². The third-order valence-corrected chi connectivity index (χ3v) is 2.59. The highest BCUT2D eigenvalue weighted by Gasteiger charge is 2.21. The summed E-state index contributed by atoms with van der Waals surface area (Å²) >= 11 is 5.66. The quantitative estimate of drug-likeness (QED) is 0.584. The smallest absolute Gasteiger partial charge is 0.356 e. The van der Waals surface area contributed by atoms with Gasteiger partial charge < -0.3 is 4.74 Å². The molecule has 0 aromatic carbocycles. The van der Waals surface area contributed by atoms with E-state index in [9.17, 15) is 4.79 Å². The van der Waals surface area contributed by atoms with Gasteiger partial charge in [0.1, 0.15) is 10.8 Å². The van der Waals surface area contributed by atoms with Crippen LogP contribution in [0.1, 0.15) is 29.8 Å². The lowest BCUT2D eigenvalue weighted by atomic mass is 10.3. The molecule has 80 valence electrons. The molecule has 0 spiro atoms. The maximum absolute atomic E-state index is 11.5. The zero-order chi connectivity index (χ0) is 10.7. The third kappa shape index (κ3) is 3.20. The number of ether oxygens (including phenoxy) is 1. The monoisotopic (exact) mass is 225 g/mol. The first-order chi connectivity index (χ1) is 7.25. The van der Waals surface area contributed by atoms with Crippen molar-refractivity contribution in [3.63, 3.8) is 0 Å². The molecule has 1 saturated carbocycles. The van der Waals surface area contributed by atoms with E-state index in [4.69, 9.17) is 16.3 Å². The van der Waals surface area contributed by atoms with Gasteiger partial charge in [0.2, 0.25) is 0 Å². The largest absolute Gasteiger partial charge is 0.461 e. The van der Waals surface area contributed by atoms with Gasteiger partial charge in [0.05, 0.1) is 6.61 Å². The van der Waals surface area contributed by atoms with Crippen LogP contribution in [0.4, 0.5) is 0 Å². The van der Waals surface area contributed by atoms with Crippen LogP contribution in [0.15, 0.2) is 18.2 Å². The number of hydrogen-bond donors (Lipinski definition) is 0. The molecule has 0 amide bonds. The highest BCUT2D eigenvalue weighted by atomic mass is 35.5. The molecule has 0 unspecified atom stereocenters. The van der Waals surface area contributed by atoms with Crippen LogP contribution < -0.4 is 0 Å². The van der Waals surface area contributed by atoms with Crippen molar-refractivity contribution >= 4 is 17.6 Å². The summed E-state index contributed by atoms with van der Waals surface area (Å²) in [7, 11) is 0. The molecule has 1 aliphatic rings. The average Bonchev–Trinajstić information content (AvgIpc) is 3.01. The maximum Gasteiger partial charge on any atom is 0.356 e. The van der Waals surface area contributed by atoms with Crippen LogP contribution in [0.3, 0.4) is 0 Å². The van der Waals surface area contributed by atoms with Crippen molar-refractivity contribution in [2.45, 2.75) is 19.3 Å². The molecule has 0 bridgehead atoms. The van der Waals surface area contributed by atoms with Crippen molar-refractivity contribution in [2.75, 3.05) is 6.61 Å². The van der Waals surface area contributed by atoms with E-state index in [1.54, 1.807) is 18.2 Å². The predicted octanol–water partition coefficient (Wildman–Crippen LogP) is 2.69. The van der Waals surface area contributed by atoms with E-state index in [-0.39, 0.29) is 5.69 Å². The molecular weight excluding hydrogens is 214 g/mol. The summed E-state index contributed by atoms with van der Waals surface area (Å²) in [5.74, 6) is 0.378. The summed E-state index contributed by atoms with van der Waals surface area (Å²) in [5.41, 5.74) is 0.276. The molecule has 1 fully saturated rings. The van der Waals surface area contributed by atoms with Crippen LogP contribution in [-0.4, -0.2) is 17.6 Å². The van der Waals surface area contributed by atoms with Gasteiger partial charge in [-0.05, 0) is 24.5 Å². The minimum Gasteiger partial charge on any atom is -0.461 e. The van der Waals surface area contributed by atoms with Crippen molar-refractivity contribution in [3.05, 3.63) is 29.0 Å². The molecule has 1 aromatic rings. The lowest BCUT2D eigenvalue weighted by molar-refractivity contribution is 0.0488. The first-order valence-electron chi connectivity index (χ1n) is 5.05. The first kappa shape index (κ1) is 10.4. The number of pyridine rings is 1. The number of halogens is 1. The Bertz CT molecular complexity index is 363. The normalized spacial score (nSPS) is 15.0. The Morgan fingerprint density at radius 1 is 1.53 bits per heavy atom. The Balaban J connectivity index is 1.83. The van der Waals surface area contributed by atoms with E-state index in [1.165, 1.54) is 12.8 Å². The molecule has 0 atom stereocenters. The zero-order valence-corrected chi connectivity index (χ0v) is 9.04. The third-order valence-electron chi connectivity index (χ3n) is 2.38. The second-order valence-corrected chi connectivity index (χ2v) is 4.10.